The third-order valence-electron chi connectivity index (χ3n) is 4.55. The van der Waals surface area contributed by atoms with Gasteiger partial charge in [0.05, 0.1) is 17.0 Å². The molecule has 0 saturated carbocycles. The van der Waals surface area contributed by atoms with Gasteiger partial charge in [0.2, 0.25) is 0 Å². The van der Waals surface area contributed by atoms with E-state index in [0.717, 1.165) is 29.2 Å². The van der Waals surface area contributed by atoms with Crippen molar-refractivity contribution in [2.45, 2.75) is 46.5 Å². The number of Topliss-reactive ketones (excluding diaryl/α,β-unsaturated/α-hetero) is 1. The predicted molar refractivity (Wildman–Crippen MR) is 86.4 cm³/mol. The average Bonchev–Trinajstić information content (AvgIpc) is 2.88. The molecule has 0 N–H and O–H groups in total. The van der Waals surface area contributed by atoms with Crippen molar-refractivity contribution in [2.75, 3.05) is 0 Å². The number of carbonyl (C=O) groups is 1. The fourth-order valence-electron chi connectivity index (χ4n) is 3.17. The van der Waals surface area contributed by atoms with Crippen LogP contribution in [0.1, 0.15) is 61.8 Å². The first-order valence-electron chi connectivity index (χ1n) is 8.05. The van der Waals surface area contributed by atoms with Crippen LogP contribution < -0.4 is 0 Å². The summed E-state index contributed by atoms with van der Waals surface area (Å²) in [7, 11) is 0. The molecule has 4 nitrogen and oxygen atoms in total. The van der Waals surface area contributed by atoms with Crippen LogP contribution in [0.25, 0.3) is 5.82 Å². The van der Waals surface area contributed by atoms with Gasteiger partial charge in [-0.1, -0.05) is 33.8 Å². The van der Waals surface area contributed by atoms with E-state index in [1.807, 2.05) is 22.9 Å². The fraction of sp³-hybridized carbons (Fsp3) is 0.500. The summed E-state index contributed by atoms with van der Waals surface area (Å²) < 4.78 is 1.89. The molecule has 2 heterocycles. The summed E-state index contributed by atoms with van der Waals surface area (Å²) in [6.45, 7) is 8.56. The van der Waals surface area contributed by atoms with Gasteiger partial charge in [0.15, 0.2) is 11.6 Å². The smallest absolute Gasteiger partial charge is 0.166 e. The maximum atomic E-state index is 12.7. The van der Waals surface area contributed by atoms with Crippen LogP contribution in [-0.4, -0.2) is 20.5 Å². The maximum Gasteiger partial charge on any atom is 0.166 e. The van der Waals surface area contributed by atoms with Crippen molar-refractivity contribution in [3.05, 3.63) is 41.3 Å². The second kappa shape index (κ2) is 5.67. The molecule has 0 spiro atoms. The summed E-state index contributed by atoms with van der Waals surface area (Å²) in [4.78, 5) is 17.1. The molecule has 4 heteroatoms. The molecule has 0 bridgehead atoms. The van der Waals surface area contributed by atoms with Crippen molar-refractivity contribution in [1.82, 2.24) is 14.8 Å². The van der Waals surface area contributed by atoms with Crippen molar-refractivity contribution >= 4 is 5.78 Å². The Morgan fingerprint density at radius 1 is 1.18 bits per heavy atom. The minimum absolute atomic E-state index is 0.235. The normalized spacial score (nSPS) is 18.1. The third kappa shape index (κ3) is 2.47. The standard InChI is InChI=1S/C18H23N3O/c1-11(2)13-9-14-17(15(22)10-13)18(12(3)4)20-21(14)16-7-5-6-8-19-16/h5-8,11-13H,9-10H2,1-4H3. The van der Waals surface area contributed by atoms with Gasteiger partial charge in [-0.2, -0.15) is 5.10 Å². The number of fused-ring (bicyclic) bond motifs is 1. The lowest BCUT2D eigenvalue weighted by molar-refractivity contribution is 0.0931. The molecular formula is C18H23N3O. The monoisotopic (exact) mass is 297 g/mol. The Morgan fingerprint density at radius 2 is 1.95 bits per heavy atom. The summed E-state index contributed by atoms with van der Waals surface area (Å²) in [5.41, 5.74) is 2.79. The summed E-state index contributed by atoms with van der Waals surface area (Å²) >= 11 is 0. The average molecular weight is 297 g/mol. The van der Waals surface area contributed by atoms with Crippen molar-refractivity contribution in [1.29, 1.82) is 0 Å². The minimum Gasteiger partial charge on any atom is -0.294 e. The zero-order chi connectivity index (χ0) is 15.9. The van der Waals surface area contributed by atoms with Crippen molar-refractivity contribution in [3.8, 4) is 5.82 Å². The van der Waals surface area contributed by atoms with Gasteiger partial charge in [-0.15, -0.1) is 0 Å². The highest BCUT2D eigenvalue weighted by molar-refractivity contribution is 5.99. The van der Waals surface area contributed by atoms with E-state index >= 15 is 0 Å². The SMILES string of the molecule is CC(C)c1nn(-c2ccccn2)c2c1C(=O)CC(C(C)C)C2. The van der Waals surface area contributed by atoms with Crippen LogP contribution in [0.5, 0.6) is 0 Å². The molecular weight excluding hydrogens is 274 g/mol. The molecule has 1 aliphatic rings. The quantitative estimate of drug-likeness (QED) is 0.866. The van der Waals surface area contributed by atoms with Crippen LogP contribution in [0.2, 0.25) is 0 Å². The summed E-state index contributed by atoms with van der Waals surface area (Å²) in [6, 6.07) is 5.79. The summed E-state index contributed by atoms with van der Waals surface area (Å²) in [5, 5.41) is 4.74. The van der Waals surface area contributed by atoms with Gasteiger partial charge in [-0.25, -0.2) is 9.67 Å². The number of nitrogens with zero attached hydrogens (tertiary/aromatic N) is 3. The molecule has 2 aromatic heterocycles. The highest BCUT2D eigenvalue weighted by Crippen LogP contribution is 2.35. The lowest BCUT2D eigenvalue weighted by Crippen LogP contribution is -2.25. The summed E-state index contributed by atoms with van der Waals surface area (Å²) in [6.07, 6.45) is 3.30. The van der Waals surface area contributed by atoms with Gasteiger partial charge in [0, 0.05) is 12.6 Å². The number of carbonyl (C=O) groups excluding carboxylic acids is 1. The van der Waals surface area contributed by atoms with Crippen molar-refractivity contribution in [3.63, 3.8) is 0 Å². The largest absolute Gasteiger partial charge is 0.294 e. The fourth-order valence-corrected chi connectivity index (χ4v) is 3.17. The van der Waals surface area contributed by atoms with Gasteiger partial charge < -0.3 is 0 Å². The minimum atomic E-state index is 0.235. The molecule has 0 saturated heterocycles. The topological polar surface area (TPSA) is 47.8 Å². The zero-order valence-corrected chi connectivity index (χ0v) is 13.7. The number of hydrogen-bond donors (Lipinski definition) is 0. The van der Waals surface area contributed by atoms with E-state index in [4.69, 9.17) is 5.10 Å². The van der Waals surface area contributed by atoms with Crippen LogP contribution in [0.4, 0.5) is 0 Å². The molecule has 1 aliphatic carbocycles. The van der Waals surface area contributed by atoms with E-state index in [9.17, 15) is 4.79 Å². The highest BCUT2D eigenvalue weighted by atomic mass is 16.1. The van der Waals surface area contributed by atoms with Crippen molar-refractivity contribution < 1.29 is 4.79 Å². The lowest BCUT2D eigenvalue weighted by atomic mass is 9.79. The Balaban J connectivity index is 2.17. The van der Waals surface area contributed by atoms with E-state index in [2.05, 4.69) is 32.7 Å². The third-order valence-corrected chi connectivity index (χ3v) is 4.55. The first kappa shape index (κ1) is 14.9. The Kier molecular flexibility index (Phi) is 3.85. The van der Waals surface area contributed by atoms with Gasteiger partial charge in [0.1, 0.15) is 0 Å². The second-order valence-electron chi connectivity index (χ2n) is 6.80. The Hall–Kier alpha value is -1.97. The van der Waals surface area contributed by atoms with Crippen molar-refractivity contribution in [2.24, 2.45) is 11.8 Å². The van der Waals surface area contributed by atoms with Gasteiger partial charge >= 0.3 is 0 Å². The number of aromatic nitrogens is 3. The zero-order valence-electron chi connectivity index (χ0n) is 13.7. The summed E-state index contributed by atoms with van der Waals surface area (Å²) in [5.74, 6) is 2.15. The van der Waals surface area contributed by atoms with E-state index < -0.39 is 0 Å². The van der Waals surface area contributed by atoms with Crippen LogP contribution in [0, 0.1) is 11.8 Å². The molecule has 0 aromatic carbocycles. The number of ketones is 1. The van der Waals surface area contributed by atoms with Crippen LogP contribution in [-0.2, 0) is 6.42 Å². The molecule has 0 amide bonds. The number of pyridine rings is 1. The number of rotatable bonds is 3. The Bertz CT molecular complexity index is 686. The highest BCUT2D eigenvalue weighted by Gasteiger charge is 2.34. The molecule has 2 aromatic rings. The lowest BCUT2D eigenvalue weighted by Gasteiger charge is -2.25. The molecule has 1 atom stereocenters. The second-order valence-corrected chi connectivity index (χ2v) is 6.80. The molecule has 116 valence electrons. The Labute approximate surface area is 131 Å². The molecule has 0 fully saturated rings. The van der Waals surface area contributed by atoms with E-state index in [1.165, 1.54) is 0 Å². The number of hydrogen-bond acceptors (Lipinski definition) is 3. The molecule has 1 unspecified atom stereocenters. The molecule has 0 radical (unpaired) electrons. The van der Waals surface area contributed by atoms with E-state index in [1.54, 1.807) is 6.20 Å². The predicted octanol–water partition coefficient (Wildman–Crippen LogP) is 3.79. The molecule has 3 rings (SSSR count). The van der Waals surface area contributed by atoms with Crippen LogP contribution in [0.15, 0.2) is 24.4 Å². The maximum absolute atomic E-state index is 12.7. The van der Waals surface area contributed by atoms with Gasteiger partial charge in [-0.05, 0) is 36.3 Å². The van der Waals surface area contributed by atoms with Crippen LogP contribution >= 0.6 is 0 Å². The van der Waals surface area contributed by atoms with E-state index in [-0.39, 0.29) is 11.7 Å². The molecule has 22 heavy (non-hydrogen) atoms. The van der Waals surface area contributed by atoms with Gasteiger partial charge in [0.25, 0.3) is 0 Å². The van der Waals surface area contributed by atoms with E-state index in [0.29, 0.717) is 18.3 Å². The molecule has 0 aliphatic heterocycles. The van der Waals surface area contributed by atoms with Gasteiger partial charge in [-0.3, -0.25) is 4.79 Å². The Morgan fingerprint density at radius 3 is 2.55 bits per heavy atom. The first-order valence-corrected chi connectivity index (χ1v) is 8.05. The van der Waals surface area contributed by atoms with Crippen LogP contribution in [0.3, 0.4) is 0 Å². The first-order chi connectivity index (χ1) is 10.5.